The van der Waals surface area contributed by atoms with Crippen LogP contribution in [0.1, 0.15) is 72.1 Å². The molecule has 0 bridgehead atoms. The second kappa shape index (κ2) is 4.46. The van der Waals surface area contributed by atoms with E-state index in [9.17, 15) is 4.79 Å². The fourth-order valence-corrected chi connectivity index (χ4v) is 6.83. The molecule has 3 fully saturated rings. The highest BCUT2D eigenvalue weighted by Crippen LogP contribution is 2.65. The standard InChI is InChI=1S/C20H30O/c1-13-4-7-17-16-6-5-14-12-15(21)8-10-20(14,3)18(16)9-11-19(13,17)2/h4,14,16-18H,5-12H2,1-3H3/t14-,16+,17+,18-,19-,20-/m0/s1. The van der Waals surface area contributed by atoms with Crippen LogP contribution in [0.5, 0.6) is 0 Å². The normalized spacial score (nSPS) is 52.7. The first-order valence-corrected chi connectivity index (χ1v) is 9.14. The number of Topliss-reactive ketones (excluding diaryl/α,β-unsaturated/α-hetero) is 1. The second-order valence-corrected chi connectivity index (χ2v) is 8.98. The zero-order valence-electron chi connectivity index (χ0n) is 14.0. The Hall–Kier alpha value is -0.590. The van der Waals surface area contributed by atoms with Crippen LogP contribution >= 0.6 is 0 Å². The molecule has 4 aliphatic rings. The molecule has 21 heavy (non-hydrogen) atoms. The Morgan fingerprint density at radius 2 is 1.90 bits per heavy atom. The Morgan fingerprint density at radius 1 is 1.10 bits per heavy atom. The summed E-state index contributed by atoms with van der Waals surface area (Å²) in [6, 6.07) is 0. The van der Waals surface area contributed by atoms with Crippen molar-refractivity contribution in [3.63, 3.8) is 0 Å². The van der Waals surface area contributed by atoms with Gasteiger partial charge in [0.15, 0.2) is 0 Å². The minimum Gasteiger partial charge on any atom is -0.300 e. The van der Waals surface area contributed by atoms with E-state index in [4.69, 9.17) is 0 Å². The minimum atomic E-state index is 0.467. The Kier molecular flexibility index (Phi) is 2.98. The molecule has 0 unspecified atom stereocenters. The van der Waals surface area contributed by atoms with Gasteiger partial charge < -0.3 is 0 Å². The molecule has 0 aromatic carbocycles. The predicted octanol–water partition coefficient (Wildman–Crippen LogP) is 5.15. The largest absolute Gasteiger partial charge is 0.300 e. The second-order valence-electron chi connectivity index (χ2n) is 8.98. The highest BCUT2D eigenvalue weighted by Gasteiger charge is 2.57. The Balaban J connectivity index is 1.64. The topological polar surface area (TPSA) is 17.1 Å². The van der Waals surface area contributed by atoms with Crippen molar-refractivity contribution in [3.8, 4) is 0 Å². The molecule has 3 saturated carbocycles. The molecule has 0 heterocycles. The monoisotopic (exact) mass is 286 g/mol. The summed E-state index contributed by atoms with van der Waals surface area (Å²) in [5, 5.41) is 0. The number of allylic oxidation sites excluding steroid dienone is 2. The lowest BCUT2D eigenvalue weighted by Crippen LogP contribution is -2.53. The van der Waals surface area contributed by atoms with Crippen LogP contribution < -0.4 is 0 Å². The lowest BCUT2D eigenvalue weighted by molar-refractivity contribution is -0.137. The van der Waals surface area contributed by atoms with Crippen molar-refractivity contribution in [3.05, 3.63) is 11.6 Å². The summed E-state index contributed by atoms with van der Waals surface area (Å²) >= 11 is 0. The summed E-state index contributed by atoms with van der Waals surface area (Å²) in [5.74, 6) is 3.94. The lowest BCUT2D eigenvalue weighted by Gasteiger charge is -2.60. The van der Waals surface area contributed by atoms with E-state index in [2.05, 4.69) is 26.8 Å². The third kappa shape index (κ3) is 1.79. The molecule has 0 radical (unpaired) electrons. The van der Waals surface area contributed by atoms with Gasteiger partial charge in [-0.25, -0.2) is 0 Å². The number of rotatable bonds is 0. The van der Waals surface area contributed by atoms with E-state index in [0.717, 1.165) is 30.6 Å². The van der Waals surface area contributed by atoms with Gasteiger partial charge in [-0.3, -0.25) is 4.79 Å². The number of ketones is 1. The predicted molar refractivity (Wildman–Crippen MR) is 85.9 cm³/mol. The molecular formula is C20H30O. The Morgan fingerprint density at radius 3 is 2.71 bits per heavy atom. The molecule has 1 nitrogen and oxygen atoms in total. The van der Waals surface area contributed by atoms with E-state index in [1.807, 2.05) is 0 Å². The maximum atomic E-state index is 11.9. The van der Waals surface area contributed by atoms with Gasteiger partial charge in [0.05, 0.1) is 0 Å². The third-order valence-corrected chi connectivity index (χ3v) is 8.45. The number of fused-ring (bicyclic) bond motifs is 5. The van der Waals surface area contributed by atoms with E-state index in [1.54, 1.807) is 5.57 Å². The molecule has 0 spiro atoms. The highest BCUT2D eigenvalue weighted by atomic mass is 16.1. The van der Waals surface area contributed by atoms with E-state index < -0.39 is 0 Å². The van der Waals surface area contributed by atoms with Gasteiger partial charge in [0, 0.05) is 12.8 Å². The number of carbonyl (C=O) groups excluding carboxylic acids is 1. The first kappa shape index (κ1) is 14.0. The summed E-state index contributed by atoms with van der Waals surface area (Å²) in [6.45, 7) is 7.44. The van der Waals surface area contributed by atoms with Gasteiger partial charge in [0.2, 0.25) is 0 Å². The molecule has 0 amide bonds. The smallest absolute Gasteiger partial charge is 0.133 e. The van der Waals surface area contributed by atoms with Crippen LogP contribution in [0.2, 0.25) is 0 Å². The van der Waals surface area contributed by atoms with Gasteiger partial charge in [0.1, 0.15) is 5.78 Å². The van der Waals surface area contributed by atoms with Crippen molar-refractivity contribution in [2.45, 2.75) is 72.1 Å². The van der Waals surface area contributed by atoms with E-state index in [1.165, 1.54) is 38.5 Å². The molecule has 0 saturated heterocycles. The minimum absolute atomic E-state index is 0.467. The van der Waals surface area contributed by atoms with Crippen LogP contribution in [-0.2, 0) is 4.79 Å². The average molecular weight is 286 g/mol. The van der Waals surface area contributed by atoms with Crippen molar-refractivity contribution in [1.29, 1.82) is 0 Å². The van der Waals surface area contributed by atoms with Crippen molar-refractivity contribution >= 4 is 5.78 Å². The fraction of sp³-hybridized carbons (Fsp3) is 0.850. The maximum absolute atomic E-state index is 11.9. The molecule has 0 aromatic rings. The molecule has 0 aromatic heterocycles. The molecule has 1 heteroatoms. The van der Waals surface area contributed by atoms with Gasteiger partial charge in [-0.15, -0.1) is 0 Å². The van der Waals surface area contributed by atoms with Gasteiger partial charge in [-0.05, 0) is 80.0 Å². The van der Waals surface area contributed by atoms with Crippen LogP contribution in [0, 0.1) is 34.5 Å². The lowest BCUT2D eigenvalue weighted by atomic mass is 9.45. The first-order chi connectivity index (χ1) is 9.95. The van der Waals surface area contributed by atoms with Gasteiger partial charge in [0.25, 0.3) is 0 Å². The van der Waals surface area contributed by atoms with Crippen LogP contribution in [-0.4, -0.2) is 5.78 Å². The molecule has 4 aliphatic carbocycles. The number of carbonyl (C=O) groups is 1. The summed E-state index contributed by atoms with van der Waals surface area (Å²) in [7, 11) is 0. The summed E-state index contributed by atoms with van der Waals surface area (Å²) in [4.78, 5) is 11.9. The summed E-state index contributed by atoms with van der Waals surface area (Å²) in [5.41, 5.74) is 2.63. The third-order valence-electron chi connectivity index (χ3n) is 8.45. The van der Waals surface area contributed by atoms with Crippen LogP contribution in [0.3, 0.4) is 0 Å². The van der Waals surface area contributed by atoms with E-state index in [-0.39, 0.29) is 0 Å². The van der Waals surface area contributed by atoms with Gasteiger partial charge in [-0.2, -0.15) is 0 Å². The van der Waals surface area contributed by atoms with Crippen molar-refractivity contribution < 1.29 is 4.79 Å². The van der Waals surface area contributed by atoms with Crippen molar-refractivity contribution in [1.82, 2.24) is 0 Å². The van der Waals surface area contributed by atoms with Crippen molar-refractivity contribution in [2.24, 2.45) is 34.5 Å². The molecule has 116 valence electrons. The Bertz CT molecular complexity index is 504. The number of hydrogen-bond acceptors (Lipinski definition) is 1. The average Bonchev–Trinajstić information content (AvgIpc) is 2.76. The quantitative estimate of drug-likeness (QED) is 0.562. The molecule has 0 aliphatic heterocycles. The van der Waals surface area contributed by atoms with Crippen LogP contribution in [0.25, 0.3) is 0 Å². The summed E-state index contributed by atoms with van der Waals surface area (Å²) in [6.07, 6.45) is 12.3. The molecule has 0 N–H and O–H groups in total. The molecule has 6 atom stereocenters. The van der Waals surface area contributed by atoms with Gasteiger partial charge in [-0.1, -0.05) is 25.5 Å². The highest BCUT2D eigenvalue weighted by molar-refractivity contribution is 5.79. The Labute approximate surface area is 129 Å². The zero-order valence-corrected chi connectivity index (χ0v) is 14.0. The first-order valence-electron chi connectivity index (χ1n) is 9.14. The molecule has 4 rings (SSSR count). The number of hydrogen-bond donors (Lipinski definition) is 0. The van der Waals surface area contributed by atoms with Crippen LogP contribution in [0.4, 0.5) is 0 Å². The van der Waals surface area contributed by atoms with Gasteiger partial charge >= 0.3 is 0 Å². The van der Waals surface area contributed by atoms with Crippen molar-refractivity contribution in [2.75, 3.05) is 0 Å². The zero-order chi connectivity index (χ0) is 14.8. The van der Waals surface area contributed by atoms with E-state index >= 15 is 0 Å². The SMILES string of the molecule is CC1=CC[C@@H]2[C@H]3CC[C@H]4CC(=O)CC[C@]4(C)[C@H]3CC[C@@]12C. The fourth-order valence-electron chi connectivity index (χ4n) is 6.83. The van der Waals surface area contributed by atoms with E-state index in [0.29, 0.717) is 22.5 Å². The maximum Gasteiger partial charge on any atom is 0.133 e. The van der Waals surface area contributed by atoms with Crippen LogP contribution in [0.15, 0.2) is 11.6 Å². The molecular weight excluding hydrogens is 256 g/mol. The summed E-state index contributed by atoms with van der Waals surface area (Å²) < 4.78 is 0.